The fourth-order valence-corrected chi connectivity index (χ4v) is 10.3. The quantitative estimate of drug-likeness (QED) is 0.170. The van der Waals surface area contributed by atoms with Crippen LogP contribution in [0.25, 0.3) is 110 Å². The van der Waals surface area contributed by atoms with Crippen LogP contribution in [-0.4, -0.2) is 0 Å². The lowest BCUT2D eigenvalue weighted by Crippen LogP contribution is -2.15. The van der Waals surface area contributed by atoms with Gasteiger partial charge in [0, 0.05) is 5.41 Å². The van der Waals surface area contributed by atoms with E-state index in [1.165, 1.54) is 121 Å². The van der Waals surface area contributed by atoms with Gasteiger partial charge in [-0.15, -0.1) is 0 Å². The van der Waals surface area contributed by atoms with Crippen molar-refractivity contribution in [1.82, 2.24) is 0 Å². The molecule has 0 nitrogen and oxygen atoms in total. The average Bonchev–Trinajstić information content (AvgIpc) is 3.70. The van der Waals surface area contributed by atoms with Crippen molar-refractivity contribution >= 4 is 32.3 Å². The number of hydrogen-bond donors (Lipinski definition) is 0. The van der Waals surface area contributed by atoms with Gasteiger partial charge in [0.05, 0.1) is 0 Å². The fourth-order valence-electron chi connectivity index (χ4n) is 10.3. The lowest BCUT2D eigenvalue weighted by molar-refractivity contribution is 0.661. The molecule has 10 aromatic rings. The van der Waals surface area contributed by atoms with Gasteiger partial charge in [-0.25, -0.2) is 0 Å². The van der Waals surface area contributed by atoms with E-state index in [-0.39, 0.29) is 5.41 Å². The monoisotopic (exact) mass is 722 g/mol. The van der Waals surface area contributed by atoms with Crippen LogP contribution in [0.4, 0.5) is 0 Å². The van der Waals surface area contributed by atoms with Crippen molar-refractivity contribution in [2.75, 3.05) is 0 Å². The highest BCUT2D eigenvalue weighted by atomic mass is 14.4. The topological polar surface area (TPSA) is 0 Å². The molecule has 0 amide bonds. The van der Waals surface area contributed by atoms with Gasteiger partial charge in [0.15, 0.2) is 0 Å². The van der Waals surface area contributed by atoms with Crippen molar-refractivity contribution in [2.24, 2.45) is 0 Å². The molecule has 266 valence electrons. The summed E-state index contributed by atoms with van der Waals surface area (Å²) in [5.74, 6) is 0. The minimum Gasteiger partial charge on any atom is -0.0622 e. The molecule has 0 N–H and O–H groups in total. The SMILES string of the molecule is CC1(C)c2cc(-c3cc(-c4ccccc4)cc(-c4c5c(c(-c6ccccc6)c6ccccc46)-c4cccc6cccc-5c46)c3)ccc2-c2cc3ccccc3cc21. The molecule has 10 aromatic carbocycles. The molecule has 0 heteroatoms. The smallest absolute Gasteiger partial charge is 0.0159 e. The second-order valence-electron chi connectivity index (χ2n) is 16.4. The minimum absolute atomic E-state index is 0.126. The van der Waals surface area contributed by atoms with E-state index in [0.29, 0.717) is 0 Å². The maximum atomic E-state index is 2.48. The molecule has 0 saturated heterocycles. The highest BCUT2D eigenvalue weighted by Gasteiger charge is 2.36. The van der Waals surface area contributed by atoms with Crippen LogP contribution in [0.2, 0.25) is 0 Å². The molecule has 0 aliphatic heterocycles. The summed E-state index contributed by atoms with van der Waals surface area (Å²) in [4.78, 5) is 0. The van der Waals surface area contributed by atoms with Gasteiger partial charge in [-0.3, -0.25) is 0 Å². The van der Waals surface area contributed by atoms with Gasteiger partial charge in [-0.05, 0) is 158 Å². The van der Waals surface area contributed by atoms with Crippen molar-refractivity contribution < 1.29 is 0 Å². The summed E-state index contributed by atoms with van der Waals surface area (Å²) < 4.78 is 0. The molecule has 0 aromatic heterocycles. The van der Waals surface area contributed by atoms with Crippen LogP contribution in [-0.2, 0) is 5.41 Å². The molecule has 0 heterocycles. The Morgan fingerprint density at radius 1 is 0.281 bits per heavy atom. The second kappa shape index (κ2) is 12.0. The minimum atomic E-state index is -0.126. The molecule has 2 aliphatic rings. The third-order valence-corrected chi connectivity index (χ3v) is 12.9. The molecule has 0 spiro atoms. The first kappa shape index (κ1) is 32.2. The fraction of sp³-hybridized carbons (Fsp3) is 0.0526. The van der Waals surface area contributed by atoms with Crippen molar-refractivity contribution in [3.63, 3.8) is 0 Å². The van der Waals surface area contributed by atoms with E-state index in [1.54, 1.807) is 0 Å². The van der Waals surface area contributed by atoms with E-state index in [9.17, 15) is 0 Å². The summed E-state index contributed by atoms with van der Waals surface area (Å²) in [6, 6.07) is 72.7. The van der Waals surface area contributed by atoms with Gasteiger partial charge < -0.3 is 0 Å². The largest absolute Gasteiger partial charge is 0.0622 e. The number of fused-ring (bicyclic) bond motifs is 8. The Hall–Kier alpha value is -7.02. The lowest BCUT2D eigenvalue weighted by atomic mass is 9.80. The summed E-state index contributed by atoms with van der Waals surface area (Å²) in [6.07, 6.45) is 0. The van der Waals surface area contributed by atoms with Gasteiger partial charge in [0.1, 0.15) is 0 Å². The Balaban J connectivity index is 1.15. The van der Waals surface area contributed by atoms with Gasteiger partial charge in [0.2, 0.25) is 0 Å². The van der Waals surface area contributed by atoms with Gasteiger partial charge in [0.25, 0.3) is 0 Å². The van der Waals surface area contributed by atoms with Crippen LogP contribution < -0.4 is 0 Å². The number of hydrogen-bond acceptors (Lipinski definition) is 0. The Labute approximate surface area is 333 Å². The predicted molar refractivity (Wildman–Crippen MR) is 243 cm³/mol. The van der Waals surface area contributed by atoms with Crippen LogP contribution in [0.15, 0.2) is 194 Å². The molecule has 0 fully saturated rings. The molecule has 0 atom stereocenters. The van der Waals surface area contributed by atoms with E-state index >= 15 is 0 Å². The average molecular weight is 723 g/mol. The van der Waals surface area contributed by atoms with E-state index in [1.807, 2.05) is 0 Å². The Bertz CT molecular complexity index is 3290. The van der Waals surface area contributed by atoms with E-state index < -0.39 is 0 Å². The lowest BCUT2D eigenvalue weighted by Gasteiger charge is -2.23. The molecule has 0 radical (unpaired) electrons. The predicted octanol–water partition coefficient (Wildman–Crippen LogP) is 15.8. The molecular weight excluding hydrogens is 685 g/mol. The number of benzene rings is 10. The zero-order valence-corrected chi connectivity index (χ0v) is 32.0. The highest BCUT2D eigenvalue weighted by molar-refractivity contribution is 6.27. The normalized spacial score (nSPS) is 13.2. The third-order valence-electron chi connectivity index (χ3n) is 12.9. The Morgan fingerprint density at radius 3 is 1.46 bits per heavy atom. The molecule has 0 saturated carbocycles. The molecular formula is C57H38. The maximum absolute atomic E-state index is 2.48. The first-order chi connectivity index (χ1) is 28.0. The summed E-state index contributed by atoms with van der Waals surface area (Å²) in [5.41, 5.74) is 20.6. The second-order valence-corrected chi connectivity index (χ2v) is 16.4. The molecule has 0 unspecified atom stereocenters. The summed E-state index contributed by atoms with van der Waals surface area (Å²) in [6.45, 7) is 4.79. The summed E-state index contributed by atoms with van der Waals surface area (Å²) >= 11 is 0. The van der Waals surface area contributed by atoms with Crippen molar-refractivity contribution in [2.45, 2.75) is 19.3 Å². The Kier molecular flexibility index (Phi) is 6.78. The van der Waals surface area contributed by atoms with E-state index in [4.69, 9.17) is 0 Å². The van der Waals surface area contributed by atoms with E-state index in [2.05, 4.69) is 208 Å². The van der Waals surface area contributed by atoms with Crippen LogP contribution in [0.5, 0.6) is 0 Å². The van der Waals surface area contributed by atoms with E-state index in [0.717, 1.165) is 0 Å². The zero-order valence-electron chi connectivity index (χ0n) is 32.0. The van der Waals surface area contributed by atoms with Crippen LogP contribution in [0, 0.1) is 0 Å². The van der Waals surface area contributed by atoms with Gasteiger partial charge in [-0.2, -0.15) is 0 Å². The first-order valence-corrected chi connectivity index (χ1v) is 20.1. The van der Waals surface area contributed by atoms with Crippen LogP contribution >= 0.6 is 0 Å². The number of rotatable bonds is 4. The van der Waals surface area contributed by atoms with Crippen molar-refractivity contribution in [3.05, 3.63) is 205 Å². The molecule has 12 rings (SSSR count). The van der Waals surface area contributed by atoms with Gasteiger partial charge >= 0.3 is 0 Å². The molecule has 57 heavy (non-hydrogen) atoms. The standard InChI is InChI=1S/C57H38/c1-57(2)50-34-40(27-28-44(50)49-32-38-19-9-10-20-39(38)33-51(49)57)42-29-41(35-15-5-3-6-16-35)30-43(31-42)54-46-24-12-11-23-45(46)53(37-17-7-4-8-18-37)55-47-25-13-21-36-22-14-26-48(52(36)47)56(54)55/h3-34H,1-2H3. The first-order valence-electron chi connectivity index (χ1n) is 20.1. The Morgan fingerprint density at radius 2 is 0.789 bits per heavy atom. The van der Waals surface area contributed by atoms with Crippen molar-refractivity contribution in [1.29, 1.82) is 0 Å². The van der Waals surface area contributed by atoms with Crippen molar-refractivity contribution in [3.8, 4) is 77.9 Å². The third kappa shape index (κ3) is 4.68. The molecule has 0 bridgehead atoms. The summed E-state index contributed by atoms with van der Waals surface area (Å²) in [5, 5.41) is 7.76. The highest BCUT2D eigenvalue weighted by Crippen LogP contribution is 2.58. The molecule has 2 aliphatic carbocycles. The van der Waals surface area contributed by atoms with Crippen LogP contribution in [0.1, 0.15) is 25.0 Å². The maximum Gasteiger partial charge on any atom is 0.0159 e. The van der Waals surface area contributed by atoms with Gasteiger partial charge in [-0.1, -0.05) is 172 Å². The summed E-state index contributed by atoms with van der Waals surface area (Å²) in [7, 11) is 0. The van der Waals surface area contributed by atoms with Crippen LogP contribution in [0.3, 0.4) is 0 Å². The zero-order chi connectivity index (χ0) is 37.8.